The molecule has 1 amide bonds. The van der Waals surface area contributed by atoms with Crippen molar-refractivity contribution in [1.29, 1.82) is 5.26 Å². The Balaban J connectivity index is 1.23. The molecule has 3 N–H and O–H groups in total. The lowest BCUT2D eigenvalue weighted by atomic mass is 9.83. The van der Waals surface area contributed by atoms with Crippen molar-refractivity contribution >= 4 is 32.5 Å². The number of aromatic amines is 1. The molecule has 2 heterocycles. The summed E-state index contributed by atoms with van der Waals surface area (Å²) in [6.45, 7) is 0.219. The van der Waals surface area contributed by atoms with Gasteiger partial charge in [-0.05, 0) is 74.9 Å². The van der Waals surface area contributed by atoms with E-state index in [1.807, 2.05) is 0 Å². The van der Waals surface area contributed by atoms with Crippen molar-refractivity contribution in [2.24, 2.45) is 5.73 Å². The van der Waals surface area contributed by atoms with Crippen molar-refractivity contribution in [1.82, 2.24) is 14.9 Å². The maximum absolute atomic E-state index is 15.9. The van der Waals surface area contributed by atoms with Crippen molar-refractivity contribution in [2.75, 3.05) is 13.2 Å². The Morgan fingerprint density at radius 1 is 1.17 bits per heavy atom. The Morgan fingerprint density at radius 2 is 1.92 bits per heavy atom. The number of primary amides is 1. The molecule has 2 aromatic carbocycles. The number of aromatic nitrogens is 2. The number of rotatable bonds is 13. The fraction of sp³-hybridized carbons (Fsp3) is 0.364. The molecule has 2 aliphatic carbocycles. The molecule has 4 aromatic rings. The van der Waals surface area contributed by atoms with Gasteiger partial charge < -0.3 is 20.2 Å². The second-order valence-electron chi connectivity index (χ2n) is 12.1. The predicted octanol–water partition coefficient (Wildman–Crippen LogP) is 5.60. The van der Waals surface area contributed by atoms with Crippen LogP contribution >= 0.6 is 0 Å². The highest BCUT2D eigenvalue weighted by molar-refractivity contribution is 7.91. The minimum atomic E-state index is -4.54. The maximum atomic E-state index is 15.9. The number of hydrogen-bond acceptors (Lipinski definition) is 10. The third-order valence-electron chi connectivity index (χ3n) is 8.87. The average molecular weight is 677 g/mol. The lowest BCUT2D eigenvalue weighted by Gasteiger charge is -2.39. The van der Waals surface area contributed by atoms with Gasteiger partial charge in [-0.15, -0.1) is 0 Å². The van der Waals surface area contributed by atoms with E-state index in [-0.39, 0.29) is 41.7 Å². The van der Waals surface area contributed by atoms with Gasteiger partial charge in [-0.3, -0.25) is 19.8 Å². The zero-order chi connectivity index (χ0) is 34.1. The topological polar surface area (TPSA) is 195 Å². The second-order valence-corrected chi connectivity index (χ2v) is 14.0. The molecular formula is C33H33FN6O7S. The largest absolute Gasteiger partial charge is 0.483 e. The van der Waals surface area contributed by atoms with E-state index < -0.39 is 48.4 Å². The Kier molecular flexibility index (Phi) is 9.04. The number of halogens is 1. The zero-order valence-electron chi connectivity index (χ0n) is 25.8. The summed E-state index contributed by atoms with van der Waals surface area (Å²) in [5.41, 5.74) is 3.50. The number of alkyl halides is 1. The molecule has 2 aliphatic rings. The number of para-hydroxylation sites is 1. The number of amides is 1. The molecule has 0 aliphatic heterocycles. The molecule has 250 valence electrons. The number of carbonyl (C=O) groups is 1. The lowest BCUT2D eigenvalue weighted by Crippen LogP contribution is -2.45. The molecule has 0 radical (unpaired) electrons. The highest BCUT2D eigenvalue weighted by Crippen LogP contribution is 2.41. The summed E-state index contributed by atoms with van der Waals surface area (Å²) in [6, 6.07) is 13.0. The standard InChI is InChI=1S/C33H33FN6O7S/c34-33(12-9-23(10-13-33)39(16-2-14-35)22-5-6-22)20-46-28-8-7-25(18-27(28)40(42)43)48(44,45)29-4-1-3-26(31(36)41)30(29)47-24-17-21-11-15-37-32(21)38-19-24/h1,3-4,7-8,11,15,17-19,22-23H,2,5-6,9-10,12-13,16,20H2,(H2,36,41)(H,37,38). The smallest absolute Gasteiger partial charge is 0.312 e. The molecular weight excluding hydrogens is 643 g/mol. The Bertz CT molecular complexity index is 2020. The van der Waals surface area contributed by atoms with E-state index >= 15 is 4.39 Å². The second kappa shape index (κ2) is 13.2. The van der Waals surface area contributed by atoms with E-state index in [4.69, 9.17) is 20.5 Å². The SMILES string of the molecule is N#CCCN(C1CC1)C1CCC(F)(COc2ccc(S(=O)(=O)c3cccc(C(N)=O)c3Oc3cnc4[nH]ccc4c3)cc2[N+](=O)[O-])CC1. The summed E-state index contributed by atoms with van der Waals surface area (Å²) in [5, 5.41) is 21.8. The first kappa shape index (κ1) is 32.9. The summed E-state index contributed by atoms with van der Waals surface area (Å²) in [4.78, 5) is 32.1. The van der Waals surface area contributed by atoms with Crippen molar-refractivity contribution in [3.05, 3.63) is 76.6 Å². The minimum absolute atomic E-state index is 0.124. The van der Waals surface area contributed by atoms with Crippen molar-refractivity contribution in [3.63, 3.8) is 0 Å². The number of hydrogen-bond donors (Lipinski definition) is 2. The fourth-order valence-corrected chi connectivity index (χ4v) is 7.65. The number of nitrogens with one attached hydrogen (secondary N) is 1. The van der Waals surface area contributed by atoms with Gasteiger partial charge in [-0.25, -0.2) is 17.8 Å². The third-order valence-corrected chi connectivity index (χ3v) is 10.6. The van der Waals surface area contributed by atoms with Crippen molar-refractivity contribution < 1.29 is 32.0 Å². The molecule has 0 unspecified atom stereocenters. The zero-order valence-corrected chi connectivity index (χ0v) is 26.6. The number of H-pyrrole nitrogens is 1. The van der Waals surface area contributed by atoms with Crippen LogP contribution in [-0.2, 0) is 9.84 Å². The molecule has 13 nitrogen and oxygen atoms in total. The number of benzene rings is 2. The van der Waals surface area contributed by atoms with Gasteiger partial charge in [0.25, 0.3) is 5.91 Å². The average Bonchev–Trinajstić information content (AvgIpc) is 3.80. The number of nitrogens with zero attached hydrogens (tertiary/aromatic N) is 4. The summed E-state index contributed by atoms with van der Waals surface area (Å²) in [6.07, 6.45) is 7.11. The molecule has 2 aromatic heterocycles. The number of fused-ring (bicyclic) bond motifs is 1. The van der Waals surface area contributed by atoms with Crippen LogP contribution in [0.3, 0.4) is 0 Å². The summed E-state index contributed by atoms with van der Waals surface area (Å²) >= 11 is 0. The molecule has 0 spiro atoms. The van der Waals surface area contributed by atoms with E-state index in [0.29, 0.717) is 42.9 Å². The fourth-order valence-electron chi connectivity index (χ4n) is 6.23. The number of carbonyl (C=O) groups excluding carboxylic acids is 1. The van der Waals surface area contributed by atoms with Crippen LogP contribution in [0.15, 0.2) is 70.7 Å². The first-order valence-electron chi connectivity index (χ1n) is 15.5. The number of pyridine rings is 1. The minimum Gasteiger partial charge on any atom is -0.483 e. The lowest BCUT2D eigenvalue weighted by molar-refractivity contribution is -0.386. The maximum Gasteiger partial charge on any atom is 0.312 e. The Hall–Kier alpha value is -5.07. The number of ether oxygens (including phenoxy) is 2. The summed E-state index contributed by atoms with van der Waals surface area (Å²) < 4.78 is 55.3. The quantitative estimate of drug-likeness (QED) is 0.133. The summed E-state index contributed by atoms with van der Waals surface area (Å²) in [5.74, 6) is -1.48. The van der Waals surface area contributed by atoms with Gasteiger partial charge in [-0.1, -0.05) is 6.07 Å². The monoisotopic (exact) mass is 676 g/mol. The van der Waals surface area contributed by atoms with E-state index in [2.05, 4.69) is 20.9 Å². The molecule has 0 atom stereocenters. The van der Waals surface area contributed by atoms with E-state index in [1.54, 1.807) is 18.3 Å². The van der Waals surface area contributed by atoms with Crippen LogP contribution in [0.25, 0.3) is 11.0 Å². The van der Waals surface area contributed by atoms with Crippen LogP contribution in [0.5, 0.6) is 17.2 Å². The van der Waals surface area contributed by atoms with Gasteiger partial charge in [0.15, 0.2) is 11.5 Å². The highest BCUT2D eigenvalue weighted by atomic mass is 32.2. The van der Waals surface area contributed by atoms with Gasteiger partial charge in [-0.2, -0.15) is 5.26 Å². The highest BCUT2D eigenvalue weighted by Gasteiger charge is 2.41. The van der Waals surface area contributed by atoms with Crippen molar-refractivity contribution in [3.8, 4) is 23.3 Å². The number of nitrogens with two attached hydrogens (primary N) is 1. The van der Waals surface area contributed by atoms with Gasteiger partial charge in [0, 0.05) is 42.7 Å². The van der Waals surface area contributed by atoms with Gasteiger partial charge in [0.2, 0.25) is 9.84 Å². The van der Waals surface area contributed by atoms with Gasteiger partial charge >= 0.3 is 5.69 Å². The number of sulfone groups is 1. The molecule has 0 bridgehead atoms. The molecule has 0 saturated heterocycles. The number of nitro groups is 1. The van der Waals surface area contributed by atoms with E-state index in [0.717, 1.165) is 31.0 Å². The first-order chi connectivity index (χ1) is 23.0. The Morgan fingerprint density at radius 3 is 2.60 bits per heavy atom. The van der Waals surface area contributed by atoms with Crippen LogP contribution in [0.2, 0.25) is 0 Å². The normalized spacial score (nSPS) is 19.6. The van der Waals surface area contributed by atoms with Crippen LogP contribution in [0.1, 0.15) is 55.3 Å². The van der Waals surface area contributed by atoms with Gasteiger partial charge in [0.1, 0.15) is 28.6 Å². The predicted molar refractivity (Wildman–Crippen MR) is 171 cm³/mol. The van der Waals surface area contributed by atoms with Crippen LogP contribution in [0.4, 0.5) is 10.1 Å². The van der Waals surface area contributed by atoms with Crippen LogP contribution in [0, 0.1) is 21.4 Å². The van der Waals surface area contributed by atoms with Crippen LogP contribution in [-0.4, -0.2) is 65.0 Å². The first-order valence-corrected chi connectivity index (χ1v) is 17.0. The molecule has 2 fully saturated rings. The van der Waals surface area contributed by atoms with Crippen LogP contribution < -0.4 is 15.2 Å². The molecule has 2 saturated carbocycles. The third kappa shape index (κ3) is 6.80. The number of nitro benzene ring substituents is 1. The van der Waals surface area contributed by atoms with E-state index in [9.17, 15) is 23.3 Å². The molecule has 48 heavy (non-hydrogen) atoms. The molecule has 15 heteroatoms. The van der Waals surface area contributed by atoms with Gasteiger partial charge in [0.05, 0.1) is 27.6 Å². The molecule has 6 rings (SSSR count). The Labute approximate surface area is 275 Å². The van der Waals surface area contributed by atoms with E-state index in [1.165, 1.54) is 24.4 Å². The number of nitriles is 1. The summed E-state index contributed by atoms with van der Waals surface area (Å²) in [7, 11) is -4.54. The van der Waals surface area contributed by atoms with Crippen molar-refractivity contribution in [2.45, 2.75) is 72.5 Å².